The predicted octanol–water partition coefficient (Wildman–Crippen LogP) is 4.88. The van der Waals surface area contributed by atoms with Crippen molar-refractivity contribution in [2.45, 2.75) is 26.9 Å². The fraction of sp³-hybridized carbons (Fsp3) is 0.348. The van der Waals surface area contributed by atoms with Crippen LogP contribution in [0.25, 0.3) is 5.57 Å². The first-order valence-corrected chi connectivity index (χ1v) is 9.41. The quantitative estimate of drug-likeness (QED) is 0.360. The number of carbonyl (C=O) groups is 1. The maximum Gasteiger partial charge on any atom is 0.341 e. The summed E-state index contributed by atoms with van der Waals surface area (Å²) in [4.78, 5) is 12.1. The number of hydrogen-bond acceptors (Lipinski definition) is 5. The Kier molecular flexibility index (Phi) is 8.40. The van der Waals surface area contributed by atoms with Crippen molar-refractivity contribution in [1.29, 1.82) is 0 Å². The van der Waals surface area contributed by atoms with Crippen molar-refractivity contribution in [3.8, 4) is 5.75 Å². The van der Waals surface area contributed by atoms with Crippen LogP contribution in [0.2, 0.25) is 0 Å². The van der Waals surface area contributed by atoms with E-state index >= 15 is 0 Å². The van der Waals surface area contributed by atoms with E-state index in [1.807, 2.05) is 48.5 Å². The van der Waals surface area contributed by atoms with Crippen molar-refractivity contribution >= 4 is 17.2 Å². The van der Waals surface area contributed by atoms with Crippen molar-refractivity contribution in [2.75, 3.05) is 26.1 Å². The smallest absolute Gasteiger partial charge is 0.341 e. The van der Waals surface area contributed by atoms with E-state index in [1.165, 1.54) is 20.5 Å². The van der Waals surface area contributed by atoms with Gasteiger partial charge < -0.3 is 19.5 Å². The van der Waals surface area contributed by atoms with Crippen LogP contribution in [0.15, 0.2) is 54.8 Å². The summed E-state index contributed by atoms with van der Waals surface area (Å²) >= 11 is 0. The molecule has 0 radical (unpaired) electrons. The number of carbonyl (C=O) groups excluding carboxylic acids is 1. The van der Waals surface area contributed by atoms with Gasteiger partial charge >= 0.3 is 5.97 Å². The number of methoxy groups -OCH3 is 2. The Morgan fingerprint density at radius 2 is 1.79 bits per heavy atom. The van der Waals surface area contributed by atoms with Gasteiger partial charge in [0, 0.05) is 12.2 Å². The van der Waals surface area contributed by atoms with Crippen LogP contribution in [0.4, 0.5) is 5.69 Å². The molecule has 2 aromatic rings. The predicted molar refractivity (Wildman–Crippen MR) is 112 cm³/mol. The van der Waals surface area contributed by atoms with E-state index in [4.69, 9.17) is 14.2 Å². The molecular weight excluding hydrogens is 354 g/mol. The average Bonchev–Trinajstić information content (AvgIpc) is 2.71. The number of benzene rings is 2. The summed E-state index contributed by atoms with van der Waals surface area (Å²) in [6.45, 7) is 5.70. The normalized spacial score (nSPS) is 11.2. The molecule has 0 fully saturated rings. The third-order valence-corrected chi connectivity index (χ3v) is 4.25. The third kappa shape index (κ3) is 6.34. The molecule has 150 valence electrons. The van der Waals surface area contributed by atoms with Crippen LogP contribution < -0.4 is 10.1 Å². The molecule has 0 aliphatic rings. The van der Waals surface area contributed by atoms with Crippen LogP contribution in [-0.4, -0.2) is 26.7 Å². The Morgan fingerprint density at radius 3 is 2.43 bits per heavy atom. The van der Waals surface area contributed by atoms with Crippen molar-refractivity contribution in [3.05, 3.63) is 65.9 Å². The molecule has 5 nitrogen and oxygen atoms in total. The van der Waals surface area contributed by atoms with Gasteiger partial charge in [0.1, 0.15) is 17.9 Å². The molecule has 0 atom stereocenters. The second-order valence-electron chi connectivity index (χ2n) is 6.84. The zero-order valence-electron chi connectivity index (χ0n) is 17.0. The summed E-state index contributed by atoms with van der Waals surface area (Å²) in [5, 5.41) is 3.41. The topological polar surface area (TPSA) is 56.8 Å². The maximum absolute atomic E-state index is 12.1. The molecule has 0 spiro atoms. The maximum atomic E-state index is 12.1. The SMILES string of the molecule is COC=C(C(=O)OC)c1ccccc1COc1ccc(NCCC(C)C)cc1. The average molecular weight is 383 g/mol. The number of rotatable bonds is 10. The molecular formula is C23H29NO4. The van der Waals surface area contributed by atoms with E-state index in [0.717, 1.165) is 35.5 Å². The fourth-order valence-electron chi connectivity index (χ4n) is 2.69. The second kappa shape index (κ2) is 11.0. The Labute approximate surface area is 167 Å². The molecule has 0 bridgehead atoms. The second-order valence-corrected chi connectivity index (χ2v) is 6.84. The first-order chi connectivity index (χ1) is 13.5. The summed E-state index contributed by atoms with van der Waals surface area (Å²) in [7, 11) is 2.85. The van der Waals surface area contributed by atoms with Crippen molar-refractivity contribution < 1.29 is 19.0 Å². The highest BCUT2D eigenvalue weighted by Gasteiger charge is 2.16. The molecule has 2 rings (SSSR count). The summed E-state index contributed by atoms with van der Waals surface area (Å²) in [6.07, 6.45) is 2.52. The monoisotopic (exact) mass is 383 g/mol. The number of esters is 1. The molecule has 28 heavy (non-hydrogen) atoms. The van der Waals surface area contributed by atoms with E-state index in [2.05, 4.69) is 19.2 Å². The van der Waals surface area contributed by atoms with Gasteiger partial charge in [-0.2, -0.15) is 0 Å². The summed E-state index contributed by atoms with van der Waals surface area (Å²) in [6, 6.07) is 15.4. The molecule has 1 N–H and O–H groups in total. The Hall–Kier alpha value is -2.95. The van der Waals surface area contributed by atoms with Crippen molar-refractivity contribution in [3.63, 3.8) is 0 Å². The summed E-state index contributed by atoms with van der Waals surface area (Å²) in [5.74, 6) is 0.989. The molecule has 0 amide bonds. The molecule has 0 aliphatic heterocycles. The molecule has 2 aromatic carbocycles. The lowest BCUT2D eigenvalue weighted by Gasteiger charge is -2.13. The van der Waals surface area contributed by atoms with E-state index in [-0.39, 0.29) is 0 Å². The zero-order valence-corrected chi connectivity index (χ0v) is 17.0. The zero-order chi connectivity index (χ0) is 20.4. The minimum absolute atomic E-state index is 0.328. The lowest BCUT2D eigenvalue weighted by Crippen LogP contribution is -2.08. The highest BCUT2D eigenvalue weighted by Crippen LogP contribution is 2.23. The summed E-state index contributed by atoms with van der Waals surface area (Å²) in [5.41, 5.74) is 3.02. The van der Waals surface area contributed by atoms with Crippen molar-refractivity contribution in [1.82, 2.24) is 0 Å². The van der Waals surface area contributed by atoms with E-state index in [0.29, 0.717) is 18.1 Å². The standard InChI is InChI=1S/C23H29NO4/c1-17(2)13-14-24-19-9-11-20(12-10-19)28-15-18-7-5-6-8-21(18)22(16-26-3)23(25)27-4/h5-12,16-17,24H,13-15H2,1-4H3. The molecule has 0 saturated heterocycles. The van der Waals surface area contributed by atoms with Gasteiger partial charge in [0.15, 0.2) is 0 Å². The Bertz CT molecular complexity index is 781. The highest BCUT2D eigenvalue weighted by molar-refractivity contribution is 6.16. The lowest BCUT2D eigenvalue weighted by atomic mass is 10.0. The first kappa shape index (κ1) is 21.4. The van der Waals surface area contributed by atoms with Crippen LogP contribution in [0.5, 0.6) is 5.75 Å². The van der Waals surface area contributed by atoms with Gasteiger partial charge in [0.2, 0.25) is 0 Å². The Balaban J connectivity index is 2.05. The number of ether oxygens (including phenoxy) is 3. The molecule has 5 heteroatoms. The third-order valence-electron chi connectivity index (χ3n) is 4.25. The molecule has 0 aliphatic carbocycles. The van der Waals surface area contributed by atoms with Gasteiger partial charge in [0.05, 0.1) is 20.5 Å². The van der Waals surface area contributed by atoms with Gasteiger partial charge in [-0.25, -0.2) is 4.79 Å². The van der Waals surface area contributed by atoms with E-state index in [9.17, 15) is 4.79 Å². The van der Waals surface area contributed by atoms with Gasteiger partial charge in [-0.1, -0.05) is 38.1 Å². The minimum Gasteiger partial charge on any atom is -0.503 e. The van der Waals surface area contributed by atoms with Crippen LogP contribution >= 0.6 is 0 Å². The van der Waals surface area contributed by atoms with Crippen LogP contribution in [0.1, 0.15) is 31.4 Å². The van der Waals surface area contributed by atoms with Gasteiger partial charge in [-0.15, -0.1) is 0 Å². The Morgan fingerprint density at radius 1 is 1.07 bits per heavy atom. The molecule has 0 heterocycles. The van der Waals surface area contributed by atoms with Crippen molar-refractivity contribution in [2.24, 2.45) is 5.92 Å². The fourth-order valence-corrected chi connectivity index (χ4v) is 2.69. The van der Waals surface area contributed by atoms with E-state index < -0.39 is 5.97 Å². The van der Waals surface area contributed by atoms with Gasteiger partial charge in [-0.3, -0.25) is 0 Å². The number of nitrogens with one attached hydrogen (secondary N) is 1. The largest absolute Gasteiger partial charge is 0.503 e. The lowest BCUT2D eigenvalue weighted by molar-refractivity contribution is -0.133. The molecule has 0 aromatic heterocycles. The minimum atomic E-state index is -0.453. The van der Waals surface area contributed by atoms with E-state index in [1.54, 1.807) is 0 Å². The van der Waals surface area contributed by atoms with Gasteiger partial charge in [0.25, 0.3) is 0 Å². The van der Waals surface area contributed by atoms with Gasteiger partial charge in [-0.05, 0) is 47.7 Å². The summed E-state index contributed by atoms with van der Waals surface area (Å²) < 4.78 is 15.8. The van der Waals surface area contributed by atoms with Crippen LogP contribution in [0.3, 0.4) is 0 Å². The molecule has 0 unspecified atom stereocenters. The first-order valence-electron chi connectivity index (χ1n) is 9.41. The van der Waals surface area contributed by atoms with Crippen LogP contribution in [0, 0.1) is 5.92 Å². The molecule has 0 saturated carbocycles. The van der Waals surface area contributed by atoms with Crippen LogP contribution in [-0.2, 0) is 20.9 Å². The number of anilines is 1. The highest BCUT2D eigenvalue weighted by atomic mass is 16.5. The number of hydrogen-bond donors (Lipinski definition) is 1.